The molecule has 24 heavy (non-hydrogen) atoms. The average Bonchev–Trinajstić information content (AvgIpc) is 2.56. The van der Waals surface area contributed by atoms with Gasteiger partial charge in [-0.15, -0.1) is 11.8 Å². The molecule has 2 unspecified atom stereocenters. The van der Waals surface area contributed by atoms with Gasteiger partial charge < -0.3 is 10.2 Å². The van der Waals surface area contributed by atoms with E-state index in [0.717, 1.165) is 17.7 Å². The Balaban J connectivity index is 1.71. The number of hydrogen-bond acceptors (Lipinski definition) is 3. The highest BCUT2D eigenvalue weighted by Gasteiger charge is 2.27. The molecular formula is C19H28N2O2S. The van der Waals surface area contributed by atoms with Crippen LogP contribution in [0.25, 0.3) is 0 Å². The second kappa shape index (κ2) is 9.11. The number of carbonyl (C=O) groups excluding carboxylic acids is 2. The van der Waals surface area contributed by atoms with Crippen molar-refractivity contribution in [2.24, 2.45) is 5.92 Å². The Morgan fingerprint density at radius 3 is 2.50 bits per heavy atom. The lowest BCUT2D eigenvalue weighted by Crippen LogP contribution is -2.43. The Hall–Kier alpha value is -1.49. The number of thioether (sulfide) groups is 1. The molecule has 0 aromatic heterocycles. The Kier molecular flexibility index (Phi) is 7.16. The predicted octanol–water partition coefficient (Wildman–Crippen LogP) is 3.70. The van der Waals surface area contributed by atoms with Gasteiger partial charge in [0.05, 0.1) is 11.5 Å². The third-order valence-electron chi connectivity index (χ3n) is 4.75. The first kappa shape index (κ1) is 18.8. The van der Waals surface area contributed by atoms with Crippen LogP contribution >= 0.6 is 11.8 Å². The first-order chi connectivity index (χ1) is 11.5. The number of aryl methyl sites for hydroxylation is 1. The third-order valence-corrected chi connectivity index (χ3v) is 5.67. The molecule has 0 saturated heterocycles. The molecule has 4 nitrogen and oxygen atoms in total. The van der Waals surface area contributed by atoms with Gasteiger partial charge in [-0.2, -0.15) is 0 Å². The Morgan fingerprint density at radius 1 is 1.17 bits per heavy atom. The summed E-state index contributed by atoms with van der Waals surface area (Å²) in [6, 6.07) is 8.06. The van der Waals surface area contributed by atoms with E-state index in [4.69, 9.17) is 0 Å². The highest BCUT2D eigenvalue weighted by atomic mass is 32.2. The summed E-state index contributed by atoms with van der Waals surface area (Å²) in [4.78, 5) is 26.2. The van der Waals surface area contributed by atoms with Crippen molar-refractivity contribution in [3.63, 3.8) is 0 Å². The fraction of sp³-hybridized carbons (Fsp3) is 0.579. The number of anilines is 1. The fourth-order valence-electron chi connectivity index (χ4n) is 3.22. The summed E-state index contributed by atoms with van der Waals surface area (Å²) in [5.41, 5.74) is 1.96. The summed E-state index contributed by atoms with van der Waals surface area (Å²) in [5.74, 6) is 1.30. The molecule has 0 heterocycles. The van der Waals surface area contributed by atoms with E-state index in [1.807, 2.05) is 43.1 Å². The maximum atomic E-state index is 12.3. The molecule has 5 heteroatoms. The van der Waals surface area contributed by atoms with Gasteiger partial charge in [0.1, 0.15) is 0 Å². The van der Waals surface area contributed by atoms with Gasteiger partial charge in [0.2, 0.25) is 11.8 Å². The van der Waals surface area contributed by atoms with Crippen molar-refractivity contribution in [3.05, 3.63) is 29.8 Å². The van der Waals surface area contributed by atoms with Crippen molar-refractivity contribution in [2.45, 2.75) is 45.6 Å². The molecule has 132 valence electrons. The molecule has 1 N–H and O–H groups in total. The van der Waals surface area contributed by atoms with E-state index in [-0.39, 0.29) is 11.8 Å². The second-order valence-electron chi connectivity index (χ2n) is 6.74. The van der Waals surface area contributed by atoms with Gasteiger partial charge in [-0.1, -0.05) is 37.5 Å². The minimum absolute atomic E-state index is 0.0645. The molecule has 1 fully saturated rings. The third kappa shape index (κ3) is 5.55. The zero-order chi connectivity index (χ0) is 17.5. The largest absolute Gasteiger partial charge is 0.342 e. The number of nitrogens with zero attached hydrogens (tertiary/aromatic N) is 1. The number of amides is 2. The van der Waals surface area contributed by atoms with Crippen LogP contribution in [-0.4, -0.2) is 41.3 Å². The number of nitrogens with one attached hydrogen (secondary N) is 1. The van der Waals surface area contributed by atoms with Crippen LogP contribution < -0.4 is 5.32 Å². The van der Waals surface area contributed by atoms with Crippen LogP contribution in [-0.2, 0) is 9.59 Å². The number of rotatable bonds is 6. The van der Waals surface area contributed by atoms with Gasteiger partial charge in [-0.05, 0) is 37.8 Å². The second-order valence-corrected chi connectivity index (χ2v) is 7.73. The summed E-state index contributed by atoms with van der Waals surface area (Å²) in [5, 5.41) is 2.86. The Bertz CT molecular complexity index is 559. The van der Waals surface area contributed by atoms with Crippen LogP contribution in [0.2, 0.25) is 0 Å². The standard InChI is InChI=1S/C19H28N2O2S/c1-14-8-10-16(11-9-14)20-18(22)12-24-13-19(23)21(3)17-7-5-4-6-15(17)2/h8-11,15,17H,4-7,12-13H2,1-3H3,(H,20,22). The van der Waals surface area contributed by atoms with Crippen molar-refractivity contribution in [3.8, 4) is 0 Å². The van der Waals surface area contributed by atoms with Gasteiger partial charge >= 0.3 is 0 Å². The lowest BCUT2D eigenvalue weighted by molar-refractivity contribution is -0.130. The highest BCUT2D eigenvalue weighted by molar-refractivity contribution is 8.00. The monoisotopic (exact) mass is 348 g/mol. The van der Waals surface area contributed by atoms with E-state index in [2.05, 4.69) is 12.2 Å². The van der Waals surface area contributed by atoms with Crippen LogP contribution in [0.5, 0.6) is 0 Å². The summed E-state index contributed by atoms with van der Waals surface area (Å²) < 4.78 is 0. The van der Waals surface area contributed by atoms with E-state index < -0.39 is 0 Å². The first-order valence-electron chi connectivity index (χ1n) is 8.67. The van der Waals surface area contributed by atoms with Gasteiger partial charge in [0.25, 0.3) is 0 Å². The maximum Gasteiger partial charge on any atom is 0.234 e. The smallest absolute Gasteiger partial charge is 0.234 e. The molecule has 1 aromatic carbocycles. The number of hydrogen-bond donors (Lipinski definition) is 1. The van der Waals surface area contributed by atoms with Gasteiger partial charge in [-0.25, -0.2) is 0 Å². The van der Waals surface area contributed by atoms with E-state index in [1.54, 1.807) is 0 Å². The quantitative estimate of drug-likeness (QED) is 0.853. The van der Waals surface area contributed by atoms with E-state index in [1.165, 1.54) is 31.0 Å². The fourth-order valence-corrected chi connectivity index (χ4v) is 3.96. The molecule has 1 saturated carbocycles. The van der Waals surface area contributed by atoms with Gasteiger partial charge in [0.15, 0.2) is 0 Å². The molecule has 2 amide bonds. The van der Waals surface area contributed by atoms with Gasteiger partial charge in [0, 0.05) is 18.8 Å². The molecule has 2 rings (SSSR count). The minimum Gasteiger partial charge on any atom is -0.342 e. The van der Waals surface area contributed by atoms with Crippen LogP contribution in [0.15, 0.2) is 24.3 Å². The zero-order valence-electron chi connectivity index (χ0n) is 14.9. The molecular weight excluding hydrogens is 320 g/mol. The van der Waals surface area contributed by atoms with E-state index in [0.29, 0.717) is 23.5 Å². The maximum absolute atomic E-state index is 12.3. The van der Waals surface area contributed by atoms with Crippen LogP contribution in [0.3, 0.4) is 0 Å². The summed E-state index contributed by atoms with van der Waals surface area (Å²) in [6.45, 7) is 4.24. The lowest BCUT2D eigenvalue weighted by atomic mass is 9.85. The first-order valence-corrected chi connectivity index (χ1v) is 9.82. The predicted molar refractivity (Wildman–Crippen MR) is 101 cm³/mol. The highest BCUT2D eigenvalue weighted by Crippen LogP contribution is 2.27. The normalized spacial score (nSPS) is 20.5. The molecule has 0 bridgehead atoms. The molecule has 1 aromatic rings. The van der Waals surface area contributed by atoms with Crippen molar-refractivity contribution in [1.29, 1.82) is 0 Å². The average molecular weight is 349 g/mol. The Morgan fingerprint density at radius 2 is 1.83 bits per heavy atom. The van der Waals surface area contributed by atoms with E-state index >= 15 is 0 Å². The molecule has 0 radical (unpaired) electrons. The number of benzene rings is 1. The lowest BCUT2D eigenvalue weighted by Gasteiger charge is -2.36. The van der Waals surface area contributed by atoms with Crippen molar-refractivity contribution in [2.75, 3.05) is 23.9 Å². The zero-order valence-corrected chi connectivity index (χ0v) is 15.7. The molecule has 1 aliphatic rings. The van der Waals surface area contributed by atoms with Crippen LogP contribution in [0.4, 0.5) is 5.69 Å². The van der Waals surface area contributed by atoms with Crippen LogP contribution in [0.1, 0.15) is 38.2 Å². The molecule has 1 aliphatic carbocycles. The minimum atomic E-state index is -0.0645. The Labute approximate surface area is 149 Å². The topological polar surface area (TPSA) is 49.4 Å². The summed E-state index contributed by atoms with van der Waals surface area (Å²) in [7, 11) is 1.90. The van der Waals surface area contributed by atoms with Gasteiger partial charge in [-0.3, -0.25) is 9.59 Å². The van der Waals surface area contributed by atoms with Crippen molar-refractivity contribution >= 4 is 29.3 Å². The SMILES string of the molecule is Cc1ccc(NC(=O)CSCC(=O)N(C)C2CCCCC2C)cc1. The molecule has 0 aliphatic heterocycles. The molecule has 2 atom stereocenters. The van der Waals surface area contributed by atoms with Crippen molar-refractivity contribution in [1.82, 2.24) is 4.90 Å². The van der Waals surface area contributed by atoms with E-state index in [9.17, 15) is 9.59 Å². The van der Waals surface area contributed by atoms with Crippen molar-refractivity contribution < 1.29 is 9.59 Å². The number of carbonyl (C=O) groups is 2. The summed E-state index contributed by atoms with van der Waals surface area (Å²) in [6.07, 6.45) is 4.78. The van der Waals surface area contributed by atoms with Crippen LogP contribution in [0, 0.1) is 12.8 Å². The summed E-state index contributed by atoms with van der Waals surface area (Å²) >= 11 is 1.38. The molecule has 0 spiro atoms.